The normalized spacial score (nSPS) is 19.1. The van der Waals surface area contributed by atoms with E-state index in [0.717, 1.165) is 25.7 Å². The number of rotatable bonds is 3. The number of hydrogen-bond acceptors (Lipinski definition) is 4. The Morgan fingerprint density at radius 3 is 2.58 bits per heavy atom. The minimum absolute atomic E-state index is 0.0985. The molecule has 1 fully saturated rings. The first-order valence-corrected chi connectivity index (χ1v) is 4.34. The maximum absolute atomic E-state index is 10.9. The van der Waals surface area contributed by atoms with Crippen molar-refractivity contribution < 1.29 is 14.4 Å². The van der Waals surface area contributed by atoms with E-state index in [-0.39, 0.29) is 18.7 Å². The lowest BCUT2D eigenvalue weighted by Gasteiger charge is -2.21. The standard InChI is InChI=1S/C8H15NO3/c9-11-6-8(10)12-7-4-2-1-3-5-7/h7H,1-6,9H2. The molecule has 2 N–H and O–H groups in total. The molecule has 0 amide bonds. The lowest BCUT2D eigenvalue weighted by molar-refractivity contribution is -0.156. The van der Waals surface area contributed by atoms with Crippen LogP contribution in [0.25, 0.3) is 0 Å². The summed E-state index contributed by atoms with van der Waals surface area (Å²) in [6, 6.07) is 0. The van der Waals surface area contributed by atoms with Crippen LogP contribution >= 0.6 is 0 Å². The van der Waals surface area contributed by atoms with Gasteiger partial charge >= 0.3 is 5.97 Å². The maximum atomic E-state index is 10.9. The Kier molecular flexibility index (Phi) is 4.04. The van der Waals surface area contributed by atoms with Gasteiger partial charge in [-0.2, -0.15) is 0 Å². The van der Waals surface area contributed by atoms with Gasteiger partial charge in [0, 0.05) is 0 Å². The molecule has 1 aliphatic carbocycles. The molecule has 4 nitrogen and oxygen atoms in total. The van der Waals surface area contributed by atoms with Crippen molar-refractivity contribution in [3.8, 4) is 0 Å². The molecule has 4 heteroatoms. The van der Waals surface area contributed by atoms with Gasteiger partial charge in [-0.15, -0.1) is 0 Å². The molecule has 0 bridgehead atoms. The topological polar surface area (TPSA) is 61.5 Å². The fraction of sp³-hybridized carbons (Fsp3) is 0.875. The summed E-state index contributed by atoms with van der Waals surface area (Å²) in [6.07, 6.45) is 5.62. The zero-order valence-electron chi connectivity index (χ0n) is 7.12. The summed E-state index contributed by atoms with van der Waals surface area (Å²) < 4.78 is 5.09. The summed E-state index contributed by atoms with van der Waals surface area (Å²) >= 11 is 0. The van der Waals surface area contributed by atoms with Crippen molar-refractivity contribution in [2.24, 2.45) is 5.90 Å². The predicted molar refractivity (Wildman–Crippen MR) is 43.1 cm³/mol. The lowest BCUT2D eigenvalue weighted by Crippen LogP contribution is -2.24. The second-order valence-electron chi connectivity index (χ2n) is 3.06. The van der Waals surface area contributed by atoms with Gasteiger partial charge in [0.15, 0.2) is 6.61 Å². The van der Waals surface area contributed by atoms with Gasteiger partial charge < -0.3 is 4.74 Å². The molecule has 1 saturated carbocycles. The Morgan fingerprint density at radius 2 is 2.00 bits per heavy atom. The van der Waals surface area contributed by atoms with Crippen LogP contribution in [0.2, 0.25) is 0 Å². The molecule has 1 rings (SSSR count). The van der Waals surface area contributed by atoms with Crippen LogP contribution in [0.3, 0.4) is 0 Å². The highest BCUT2D eigenvalue weighted by atomic mass is 16.6. The third kappa shape index (κ3) is 3.19. The molecule has 1 aliphatic rings. The van der Waals surface area contributed by atoms with Crippen LogP contribution in [-0.2, 0) is 14.4 Å². The maximum Gasteiger partial charge on any atom is 0.334 e. The van der Waals surface area contributed by atoms with Crippen molar-refractivity contribution in [1.82, 2.24) is 0 Å². The number of esters is 1. The van der Waals surface area contributed by atoms with E-state index < -0.39 is 0 Å². The van der Waals surface area contributed by atoms with Gasteiger partial charge in [-0.05, 0) is 25.7 Å². The molecule has 0 aromatic rings. The first-order chi connectivity index (χ1) is 5.83. The summed E-state index contributed by atoms with van der Waals surface area (Å²) in [7, 11) is 0. The van der Waals surface area contributed by atoms with Crippen LogP contribution in [0.5, 0.6) is 0 Å². The van der Waals surface area contributed by atoms with Crippen LogP contribution < -0.4 is 5.90 Å². The van der Waals surface area contributed by atoms with Crippen LogP contribution in [0.15, 0.2) is 0 Å². The largest absolute Gasteiger partial charge is 0.461 e. The van der Waals surface area contributed by atoms with E-state index >= 15 is 0 Å². The summed E-state index contributed by atoms with van der Waals surface area (Å²) in [4.78, 5) is 15.1. The number of carbonyl (C=O) groups excluding carboxylic acids is 1. The number of ether oxygens (including phenoxy) is 1. The molecule has 0 aromatic carbocycles. The Labute approximate surface area is 72.0 Å². The van der Waals surface area contributed by atoms with Crippen LogP contribution in [-0.4, -0.2) is 18.7 Å². The zero-order chi connectivity index (χ0) is 8.81. The number of hydrogen-bond donors (Lipinski definition) is 1. The molecular weight excluding hydrogens is 158 g/mol. The summed E-state index contributed by atoms with van der Waals surface area (Å²) in [5, 5.41) is 0. The van der Waals surface area contributed by atoms with Crippen molar-refractivity contribution in [1.29, 1.82) is 0 Å². The summed E-state index contributed by atoms with van der Waals surface area (Å²) in [5.74, 6) is 4.38. The van der Waals surface area contributed by atoms with Crippen LogP contribution in [0.1, 0.15) is 32.1 Å². The Bertz CT molecular complexity index is 143. The Balaban J connectivity index is 2.15. The smallest absolute Gasteiger partial charge is 0.334 e. The van der Waals surface area contributed by atoms with Crippen molar-refractivity contribution in [3.05, 3.63) is 0 Å². The fourth-order valence-corrected chi connectivity index (χ4v) is 1.47. The third-order valence-electron chi connectivity index (χ3n) is 2.05. The molecule has 0 spiro atoms. The highest BCUT2D eigenvalue weighted by Crippen LogP contribution is 2.20. The van der Waals surface area contributed by atoms with Gasteiger partial charge in [0.05, 0.1) is 0 Å². The van der Waals surface area contributed by atoms with E-state index in [1.807, 2.05) is 0 Å². The summed E-state index contributed by atoms with van der Waals surface area (Å²) in [5.41, 5.74) is 0. The van der Waals surface area contributed by atoms with Gasteiger partial charge in [-0.1, -0.05) is 6.42 Å². The zero-order valence-corrected chi connectivity index (χ0v) is 7.12. The highest BCUT2D eigenvalue weighted by Gasteiger charge is 2.17. The minimum Gasteiger partial charge on any atom is -0.461 e. The number of carbonyl (C=O) groups is 1. The summed E-state index contributed by atoms with van der Waals surface area (Å²) in [6.45, 7) is -0.142. The third-order valence-corrected chi connectivity index (χ3v) is 2.05. The molecule has 0 aliphatic heterocycles. The molecule has 0 atom stereocenters. The van der Waals surface area contributed by atoms with Crippen molar-refractivity contribution in [2.45, 2.75) is 38.2 Å². The average Bonchev–Trinajstić information content (AvgIpc) is 2.06. The van der Waals surface area contributed by atoms with E-state index in [9.17, 15) is 4.79 Å². The fourth-order valence-electron chi connectivity index (χ4n) is 1.47. The van der Waals surface area contributed by atoms with Crippen molar-refractivity contribution >= 4 is 5.97 Å². The molecule has 0 saturated heterocycles. The second kappa shape index (κ2) is 5.11. The Hall–Kier alpha value is -0.610. The van der Waals surface area contributed by atoms with E-state index in [4.69, 9.17) is 10.6 Å². The highest BCUT2D eigenvalue weighted by molar-refractivity contribution is 5.70. The van der Waals surface area contributed by atoms with Crippen molar-refractivity contribution in [2.75, 3.05) is 6.61 Å². The van der Waals surface area contributed by atoms with Crippen molar-refractivity contribution in [3.63, 3.8) is 0 Å². The second-order valence-corrected chi connectivity index (χ2v) is 3.06. The minimum atomic E-state index is -0.357. The first-order valence-electron chi connectivity index (χ1n) is 4.34. The quantitative estimate of drug-likeness (QED) is 0.505. The van der Waals surface area contributed by atoms with Crippen LogP contribution in [0, 0.1) is 0 Å². The van der Waals surface area contributed by atoms with Gasteiger partial charge in [0.25, 0.3) is 0 Å². The van der Waals surface area contributed by atoms with Gasteiger partial charge in [-0.25, -0.2) is 10.7 Å². The molecule has 12 heavy (non-hydrogen) atoms. The molecule has 0 unspecified atom stereocenters. The molecule has 0 radical (unpaired) electrons. The van der Waals surface area contributed by atoms with Crippen LogP contribution in [0.4, 0.5) is 0 Å². The first kappa shape index (κ1) is 9.48. The molecular formula is C8H15NO3. The average molecular weight is 173 g/mol. The van der Waals surface area contributed by atoms with E-state index in [1.54, 1.807) is 0 Å². The van der Waals surface area contributed by atoms with E-state index in [1.165, 1.54) is 6.42 Å². The number of nitrogens with two attached hydrogens (primary N) is 1. The molecule has 0 heterocycles. The van der Waals surface area contributed by atoms with Gasteiger partial charge in [-0.3, -0.25) is 4.84 Å². The van der Waals surface area contributed by atoms with E-state index in [2.05, 4.69) is 4.84 Å². The predicted octanol–water partition coefficient (Wildman–Crippen LogP) is 0.753. The lowest BCUT2D eigenvalue weighted by atomic mass is 9.98. The molecule has 0 aromatic heterocycles. The van der Waals surface area contributed by atoms with E-state index in [0.29, 0.717) is 0 Å². The van der Waals surface area contributed by atoms with Gasteiger partial charge in [0.1, 0.15) is 6.10 Å². The molecule has 70 valence electrons. The Morgan fingerprint density at radius 1 is 1.33 bits per heavy atom. The van der Waals surface area contributed by atoms with Gasteiger partial charge in [0.2, 0.25) is 0 Å². The SMILES string of the molecule is NOCC(=O)OC1CCCCC1. The monoisotopic (exact) mass is 173 g/mol.